The van der Waals surface area contributed by atoms with Gasteiger partial charge in [0.15, 0.2) is 5.11 Å². The molecule has 0 radical (unpaired) electrons. The van der Waals surface area contributed by atoms with Gasteiger partial charge in [-0.1, -0.05) is 24.3 Å². The molecule has 3 nitrogen and oxygen atoms in total. The number of benzene rings is 2. The van der Waals surface area contributed by atoms with E-state index in [2.05, 4.69) is 54.4 Å². The zero-order valence-corrected chi connectivity index (χ0v) is 16.0. The number of thiocarbonyl (C=S) groups is 1. The van der Waals surface area contributed by atoms with Gasteiger partial charge in [0.1, 0.15) is 5.75 Å². The third kappa shape index (κ3) is 4.13. The summed E-state index contributed by atoms with van der Waals surface area (Å²) in [5.74, 6) is 1.54. The van der Waals surface area contributed by atoms with Crippen molar-refractivity contribution < 1.29 is 4.74 Å². The molecule has 0 aliphatic carbocycles. The van der Waals surface area contributed by atoms with Gasteiger partial charge in [0.25, 0.3) is 0 Å². The number of nitrogens with zero attached hydrogens (tertiary/aromatic N) is 1. The molecule has 1 fully saturated rings. The number of methoxy groups -OCH3 is 1. The molecule has 1 aliphatic rings. The average molecular weight is 355 g/mol. The van der Waals surface area contributed by atoms with E-state index < -0.39 is 0 Å². The maximum Gasteiger partial charge on any atom is 0.173 e. The molecule has 0 saturated carbocycles. The van der Waals surface area contributed by atoms with Crippen LogP contribution in [0.4, 0.5) is 5.69 Å². The van der Waals surface area contributed by atoms with Gasteiger partial charge in [-0.05, 0) is 79.7 Å². The molecule has 0 aromatic heterocycles. The van der Waals surface area contributed by atoms with Gasteiger partial charge in [0.2, 0.25) is 0 Å². The lowest BCUT2D eigenvalue weighted by Crippen LogP contribution is -2.40. The van der Waals surface area contributed by atoms with Crippen molar-refractivity contribution in [1.82, 2.24) is 4.90 Å². The SMILES string of the molecule is COc1ccccc1C1CCN(C(=S)Nc2ccc(C)c(C)c2)CC1. The van der Waals surface area contributed by atoms with Crippen LogP contribution in [0.15, 0.2) is 42.5 Å². The minimum Gasteiger partial charge on any atom is -0.496 e. The van der Waals surface area contributed by atoms with Crippen LogP contribution in [0.3, 0.4) is 0 Å². The highest BCUT2D eigenvalue weighted by molar-refractivity contribution is 7.80. The standard InChI is InChI=1S/C21H26N2OS/c1-15-8-9-18(14-16(15)2)22-21(25)23-12-10-17(11-13-23)19-6-4-5-7-20(19)24-3/h4-9,14,17H,10-13H2,1-3H3,(H,22,25). The van der Waals surface area contributed by atoms with Gasteiger partial charge in [0.05, 0.1) is 7.11 Å². The van der Waals surface area contributed by atoms with E-state index in [1.54, 1.807) is 7.11 Å². The summed E-state index contributed by atoms with van der Waals surface area (Å²) in [6.07, 6.45) is 2.18. The average Bonchev–Trinajstić information content (AvgIpc) is 2.65. The first-order valence-corrected chi connectivity index (χ1v) is 9.25. The van der Waals surface area contributed by atoms with Gasteiger partial charge in [-0.2, -0.15) is 0 Å². The molecule has 1 heterocycles. The summed E-state index contributed by atoms with van der Waals surface area (Å²) < 4.78 is 5.52. The largest absolute Gasteiger partial charge is 0.496 e. The summed E-state index contributed by atoms with van der Waals surface area (Å²) in [7, 11) is 1.75. The molecule has 0 atom stereocenters. The number of aryl methyl sites for hydroxylation is 2. The van der Waals surface area contributed by atoms with Crippen LogP contribution in [-0.2, 0) is 0 Å². The molecule has 0 amide bonds. The molecule has 25 heavy (non-hydrogen) atoms. The van der Waals surface area contributed by atoms with Gasteiger partial charge < -0.3 is 15.0 Å². The Morgan fingerprint density at radius 2 is 1.80 bits per heavy atom. The third-order valence-electron chi connectivity index (χ3n) is 5.12. The van der Waals surface area contributed by atoms with Gasteiger partial charge in [-0.15, -0.1) is 0 Å². The number of nitrogens with one attached hydrogen (secondary N) is 1. The highest BCUT2D eigenvalue weighted by atomic mass is 32.1. The highest BCUT2D eigenvalue weighted by Gasteiger charge is 2.24. The fourth-order valence-corrected chi connectivity index (χ4v) is 3.72. The molecule has 0 spiro atoms. The van der Waals surface area contributed by atoms with Crippen molar-refractivity contribution in [3.8, 4) is 5.75 Å². The summed E-state index contributed by atoms with van der Waals surface area (Å²) in [5, 5.41) is 4.21. The molecule has 2 aromatic rings. The van der Waals surface area contributed by atoms with Gasteiger partial charge >= 0.3 is 0 Å². The maximum absolute atomic E-state index is 5.63. The number of hydrogen-bond donors (Lipinski definition) is 1. The van der Waals surface area contributed by atoms with Crippen LogP contribution < -0.4 is 10.1 Å². The smallest absolute Gasteiger partial charge is 0.173 e. The Bertz CT molecular complexity index is 751. The molecule has 1 N–H and O–H groups in total. The number of anilines is 1. The maximum atomic E-state index is 5.63. The van der Waals surface area contributed by atoms with E-state index in [9.17, 15) is 0 Å². The Balaban J connectivity index is 1.60. The van der Waals surface area contributed by atoms with Crippen LogP contribution in [0.5, 0.6) is 5.75 Å². The molecule has 2 aromatic carbocycles. The van der Waals surface area contributed by atoms with Crippen molar-refractivity contribution in [3.05, 3.63) is 59.2 Å². The highest BCUT2D eigenvalue weighted by Crippen LogP contribution is 2.34. The van der Waals surface area contributed by atoms with Crippen LogP contribution in [-0.4, -0.2) is 30.2 Å². The predicted molar refractivity (Wildman–Crippen MR) is 109 cm³/mol. The first-order valence-electron chi connectivity index (χ1n) is 8.84. The number of hydrogen-bond acceptors (Lipinski definition) is 2. The Hall–Kier alpha value is -2.07. The van der Waals surface area contributed by atoms with Crippen LogP contribution in [0.2, 0.25) is 0 Å². The number of para-hydroxylation sites is 1. The lowest BCUT2D eigenvalue weighted by Gasteiger charge is -2.34. The van der Waals surface area contributed by atoms with Crippen molar-refractivity contribution in [1.29, 1.82) is 0 Å². The molecule has 1 aliphatic heterocycles. The predicted octanol–water partition coefficient (Wildman–Crippen LogP) is 4.89. The van der Waals surface area contributed by atoms with Gasteiger partial charge in [-0.25, -0.2) is 0 Å². The Labute approximate surface area is 156 Å². The topological polar surface area (TPSA) is 24.5 Å². The fraction of sp³-hybridized carbons (Fsp3) is 0.381. The van der Waals surface area contributed by atoms with E-state index in [0.717, 1.165) is 42.5 Å². The second-order valence-corrected chi connectivity index (χ2v) is 7.12. The van der Waals surface area contributed by atoms with Crippen LogP contribution >= 0.6 is 12.2 Å². The van der Waals surface area contributed by atoms with Crippen LogP contribution in [0, 0.1) is 13.8 Å². The van der Waals surface area contributed by atoms with Gasteiger partial charge in [0, 0.05) is 18.8 Å². The number of piperidine rings is 1. The molecule has 0 bridgehead atoms. The second kappa shape index (κ2) is 7.87. The van der Waals surface area contributed by atoms with Gasteiger partial charge in [-0.3, -0.25) is 0 Å². The molecule has 132 valence electrons. The van der Waals surface area contributed by atoms with Crippen LogP contribution in [0.1, 0.15) is 35.4 Å². The fourth-order valence-electron chi connectivity index (χ4n) is 3.42. The molecular weight excluding hydrogens is 328 g/mol. The van der Waals surface area contributed by atoms with Crippen molar-refractivity contribution in [2.75, 3.05) is 25.5 Å². The van der Waals surface area contributed by atoms with E-state index >= 15 is 0 Å². The first-order chi connectivity index (χ1) is 12.1. The van der Waals surface area contributed by atoms with Crippen LogP contribution in [0.25, 0.3) is 0 Å². The number of ether oxygens (including phenoxy) is 1. The zero-order chi connectivity index (χ0) is 17.8. The van der Waals surface area contributed by atoms with Crippen molar-refractivity contribution in [2.45, 2.75) is 32.6 Å². The second-order valence-electron chi connectivity index (χ2n) is 6.73. The Kier molecular flexibility index (Phi) is 5.59. The van der Waals surface area contributed by atoms with Crippen molar-refractivity contribution in [2.24, 2.45) is 0 Å². The minimum atomic E-state index is 0.539. The Morgan fingerprint density at radius 3 is 2.48 bits per heavy atom. The number of rotatable bonds is 3. The van der Waals surface area contributed by atoms with Crippen molar-refractivity contribution >= 4 is 23.0 Å². The minimum absolute atomic E-state index is 0.539. The Morgan fingerprint density at radius 1 is 1.08 bits per heavy atom. The van der Waals surface area contributed by atoms with Crippen molar-refractivity contribution in [3.63, 3.8) is 0 Å². The monoisotopic (exact) mass is 354 g/mol. The lowest BCUT2D eigenvalue weighted by molar-refractivity contribution is 0.310. The third-order valence-corrected chi connectivity index (χ3v) is 5.48. The van der Waals surface area contributed by atoms with E-state index in [4.69, 9.17) is 17.0 Å². The van der Waals surface area contributed by atoms with E-state index in [-0.39, 0.29) is 0 Å². The summed E-state index contributed by atoms with van der Waals surface area (Å²) in [4.78, 5) is 2.27. The quantitative estimate of drug-likeness (QED) is 0.793. The molecule has 1 saturated heterocycles. The zero-order valence-electron chi connectivity index (χ0n) is 15.2. The molecule has 0 unspecified atom stereocenters. The lowest BCUT2D eigenvalue weighted by atomic mass is 9.89. The summed E-state index contributed by atoms with van der Waals surface area (Å²) in [5.41, 5.74) is 4.97. The molecular formula is C21H26N2OS. The van der Waals surface area contributed by atoms with E-state index in [1.807, 2.05) is 12.1 Å². The van der Waals surface area contributed by atoms with E-state index in [0.29, 0.717) is 5.92 Å². The normalized spacial score (nSPS) is 15.1. The molecule has 4 heteroatoms. The summed E-state index contributed by atoms with van der Waals surface area (Å²) >= 11 is 5.63. The van der Waals surface area contributed by atoms with E-state index in [1.165, 1.54) is 16.7 Å². The number of likely N-dealkylation sites (tertiary alicyclic amines) is 1. The first kappa shape index (κ1) is 17.7. The summed E-state index contributed by atoms with van der Waals surface area (Å²) in [6, 6.07) is 14.7. The summed E-state index contributed by atoms with van der Waals surface area (Å²) in [6.45, 7) is 6.20. The molecule has 3 rings (SSSR count).